The zero-order valence-electron chi connectivity index (χ0n) is 8.43. The largest absolute Gasteiger partial charge is 0.348 e. The van der Waals surface area contributed by atoms with E-state index in [2.05, 4.69) is 39.3 Å². The second kappa shape index (κ2) is 3.51. The second-order valence-corrected chi connectivity index (χ2v) is 3.80. The molecule has 0 aromatic carbocycles. The monoisotopic (exact) mass is 199 g/mol. The van der Waals surface area contributed by atoms with Gasteiger partial charge in [-0.3, -0.25) is 4.98 Å². The maximum atomic E-state index is 4.17. The Morgan fingerprint density at radius 1 is 1.33 bits per heavy atom. The molecule has 76 valence electrons. The molecule has 2 aromatic rings. The van der Waals surface area contributed by atoms with Gasteiger partial charge in [-0.15, -0.1) is 0 Å². The van der Waals surface area contributed by atoms with Crippen LogP contribution in [0.5, 0.6) is 0 Å². The lowest BCUT2D eigenvalue weighted by atomic mass is 10.0. The molecule has 0 saturated heterocycles. The summed E-state index contributed by atoms with van der Waals surface area (Å²) in [6.45, 7) is 2.07. The van der Waals surface area contributed by atoms with Crippen molar-refractivity contribution in [1.29, 1.82) is 0 Å². The maximum Gasteiger partial charge on any atom is 0.0746 e. The van der Waals surface area contributed by atoms with E-state index in [-0.39, 0.29) is 0 Å². The summed E-state index contributed by atoms with van der Waals surface area (Å²) in [5.41, 5.74) is 2.56. The Balaban J connectivity index is 2.03. The number of hydrogen-bond acceptors (Lipinski definition) is 2. The van der Waals surface area contributed by atoms with Gasteiger partial charge in [0, 0.05) is 37.4 Å². The Morgan fingerprint density at radius 3 is 3.20 bits per heavy atom. The lowest BCUT2D eigenvalue weighted by Gasteiger charge is -2.26. The SMILES string of the molecule is c1cncc([C@@H]2NCCn3cccc32)c1. The third-order valence-corrected chi connectivity index (χ3v) is 2.88. The van der Waals surface area contributed by atoms with Crippen LogP contribution in [0.3, 0.4) is 0 Å². The first-order valence-corrected chi connectivity index (χ1v) is 5.23. The van der Waals surface area contributed by atoms with E-state index in [0.717, 1.165) is 13.1 Å². The van der Waals surface area contributed by atoms with E-state index in [9.17, 15) is 0 Å². The zero-order chi connectivity index (χ0) is 10.1. The Kier molecular flexibility index (Phi) is 2.03. The first kappa shape index (κ1) is 8.68. The van der Waals surface area contributed by atoms with Crippen molar-refractivity contribution in [2.75, 3.05) is 6.54 Å². The molecule has 1 aliphatic rings. The summed E-state index contributed by atoms with van der Waals surface area (Å²) in [6.07, 6.45) is 5.88. The van der Waals surface area contributed by atoms with Gasteiger partial charge in [0.2, 0.25) is 0 Å². The molecule has 2 aromatic heterocycles. The highest BCUT2D eigenvalue weighted by atomic mass is 15.1. The fraction of sp³-hybridized carbons (Fsp3) is 0.250. The van der Waals surface area contributed by atoms with Crippen LogP contribution in [0.4, 0.5) is 0 Å². The van der Waals surface area contributed by atoms with Crippen molar-refractivity contribution in [2.24, 2.45) is 0 Å². The van der Waals surface area contributed by atoms with Crippen molar-refractivity contribution in [3.63, 3.8) is 0 Å². The normalized spacial score (nSPS) is 19.9. The highest BCUT2D eigenvalue weighted by Crippen LogP contribution is 2.24. The Bertz CT molecular complexity index is 447. The van der Waals surface area contributed by atoms with Gasteiger partial charge in [-0.1, -0.05) is 6.07 Å². The quantitative estimate of drug-likeness (QED) is 0.755. The third kappa shape index (κ3) is 1.45. The minimum Gasteiger partial charge on any atom is -0.348 e. The van der Waals surface area contributed by atoms with E-state index in [1.165, 1.54) is 11.3 Å². The molecule has 3 heteroatoms. The molecule has 1 aliphatic heterocycles. The third-order valence-electron chi connectivity index (χ3n) is 2.88. The molecule has 0 unspecified atom stereocenters. The minimum absolute atomic E-state index is 0.294. The summed E-state index contributed by atoms with van der Waals surface area (Å²) in [6, 6.07) is 8.67. The minimum atomic E-state index is 0.294. The number of fused-ring (bicyclic) bond motifs is 1. The standard InChI is InChI=1S/C12H13N3/c1-3-10(9-13-5-1)12-11-4-2-7-15(11)8-6-14-12/h1-5,7,9,12,14H,6,8H2/t12-/m0/s1. The molecule has 0 bridgehead atoms. The van der Waals surface area contributed by atoms with Gasteiger partial charge < -0.3 is 9.88 Å². The fourth-order valence-electron chi connectivity index (χ4n) is 2.16. The van der Waals surface area contributed by atoms with E-state index in [1.807, 2.05) is 18.5 Å². The van der Waals surface area contributed by atoms with Gasteiger partial charge >= 0.3 is 0 Å². The van der Waals surface area contributed by atoms with Crippen LogP contribution < -0.4 is 5.32 Å². The molecule has 3 rings (SSSR count). The lowest BCUT2D eigenvalue weighted by molar-refractivity contribution is 0.466. The summed E-state index contributed by atoms with van der Waals surface area (Å²) in [5.74, 6) is 0. The molecule has 0 saturated carbocycles. The number of aromatic nitrogens is 2. The number of nitrogens with one attached hydrogen (secondary N) is 1. The maximum absolute atomic E-state index is 4.17. The van der Waals surface area contributed by atoms with E-state index < -0.39 is 0 Å². The average Bonchev–Trinajstić information content (AvgIpc) is 2.78. The highest BCUT2D eigenvalue weighted by Gasteiger charge is 2.20. The summed E-state index contributed by atoms with van der Waals surface area (Å²) in [5, 5.41) is 3.52. The number of pyridine rings is 1. The van der Waals surface area contributed by atoms with E-state index in [4.69, 9.17) is 0 Å². The van der Waals surface area contributed by atoms with Crippen LogP contribution in [0.15, 0.2) is 42.9 Å². The molecule has 1 N–H and O–H groups in total. The van der Waals surface area contributed by atoms with Crippen molar-refractivity contribution in [2.45, 2.75) is 12.6 Å². The van der Waals surface area contributed by atoms with Crippen LogP contribution in [0.2, 0.25) is 0 Å². The van der Waals surface area contributed by atoms with Crippen molar-refractivity contribution < 1.29 is 0 Å². The fourth-order valence-corrected chi connectivity index (χ4v) is 2.16. The van der Waals surface area contributed by atoms with Crippen LogP contribution in [0.1, 0.15) is 17.3 Å². The number of nitrogens with zero attached hydrogens (tertiary/aromatic N) is 2. The Labute approximate surface area is 88.8 Å². The van der Waals surface area contributed by atoms with Crippen LogP contribution in [-0.2, 0) is 6.54 Å². The molecule has 3 nitrogen and oxygen atoms in total. The van der Waals surface area contributed by atoms with Crippen LogP contribution in [0.25, 0.3) is 0 Å². The molecular formula is C12H13N3. The lowest BCUT2D eigenvalue weighted by Crippen LogP contribution is -2.33. The summed E-state index contributed by atoms with van der Waals surface area (Å²) in [4.78, 5) is 4.17. The first-order chi connectivity index (χ1) is 7.45. The molecule has 0 aliphatic carbocycles. The molecular weight excluding hydrogens is 186 g/mol. The summed E-state index contributed by atoms with van der Waals surface area (Å²) >= 11 is 0. The van der Waals surface area contributed by atoms with Gasteiger partial charge in [0.05, 0.1) is 6.04 Å². The summed E-state index contributed by atoms with van der Waals surface area (Å²) < 4.78 is 2.30. The first-order valence-electron chi connectivity index (χ1n) is 5.23. The summed E-state index contributed by atoms with van der Waals surface area (Å²) in [7, 11) is 0. The van der Waals surface area contributed by atoms with Crippen LogP contribution in [0, 0.1) is 0 Å². The van der Waals surface area contributed by atoms with Gasteiger partial charge in [-0.05, 0) is 23.8 Å². The van der Waals surface area contributed by atoms with Crippen LogP contribution >= 0.6 is 0 Å². The average molecular weight is 199 g/mol. The van der Waals surface area contributed by atoms with E-state index in [1.54, 1.807) is 0 Å². The van der Waals surface area contributed by atoms with Gasteiger partial charge in [-0.25, -0.2) is 0 Å². The Morgan fingerprint density at radius 2 is 2.33 bits per heavy atom. The van der Waals surface area contributed by atoms with Crippen LogP contribution in [-0.4, -0.2) is 16.1 Å². The molecule has 0 radical (unpaired) electrons. The van der Waals surface area contributed by atoms with Gasteiger partial charge in [0.1, 0.15) is 0 Å². The van der Waals surface area contributed by atoms with Crippen molar-refractivity contribution in [1.82, 2.24) is 14.9 Å². The van der Waals surface area contributed by atoms with Gasteiger partial charge in [-0.2, -0.15) is 0 Å². The predicted molar refractivity (Wildman–Crippen MR) is 58.5 cm³/mol. The smallest absolute Gasteiger partial charge is 0.0746 e. The van der Waals surface area contributed by atoms with E-state index in [0.29, 0.717) is 6.04 Å². The number of rotatable bonds is 1. The van der Waals surface area contributed by atoms with Gasteiger partial charge in [0.15, 0.2) is 0 Å². The molecule has 0 spiro atoms. The Hall–Kier alpha value is -1.61. The highest BCUT2D eigenvalue weighted by molar-refractivity contribution is 5.27. The second-order valence-electron chi connectivity index (χ2n) is 3.80. The van der Waals surface area contributed by atoms with Gasteiger partial charge in [0.25, 0.3) is 0 Å². The number of hydrogen-bond donors (Lipinski definition) is 1. The molecule has 0 fully saturated rings. The zero-order valence-corrected chi connectivity index (χ0v) is 8.43. The molecule has 0 amide bonds. The molecule has 15 heavy (non-hydrogen) atoms. The molecule has 1 atom stereocenters. The predicted octanol–water partition coefficient (Wildman–Crippen LogP) is 1.58. The van der Waals surface area contributed by atoms with Crippen molar-refractivity contribution >= 4 is 0 Å². The van der Waals surface area contributed by atoms with E-state index >= 15 is 0 Å². The van der Waals surface area contributed by atoms with Crippen molar-refractivity contribution in [3.05, 3.63) is 54.1 Å². The topological polar surface area (TPSA) is 29.9 Å². The van der Waals surface area contributed by atoms with Crippen molar-refractivity contribution in [3.8, 4) is 0 Å². The molecule has 3 heterocycles.